The summed E-state index contributed by atoms with van der Waals surface area (Å²) in [6.45, 7) is 1.58. The highest BCUT2D eigenvalue weighted by Crippen LogP contribution is 2.28. The van der Waals surface area contributed by atoms with Crippen molar-refractivity contribution < 1.29 is 4.79 Å². The van der Waals surface area contributed by atoms with Crippen LogP contribution in [0, 0.1) is 5.92 Å². The summed E-state index contributed by atoms with van der Waals surface area (Å²) in [6.07, 6.45) is 7.28. The Morgan fingerprint density at radius 2 is 2.29 bits per heavy atom. The first-order valence-electron chi connectivity index (χ1n) is 8.65. The highest BCUT2D eigenvalue weighted by Gasteiger charge is 2.22. The van der Waals surface area contributed by atoms with Crippen LogP contribution in [-0.4, -0.2) is 38.3 Å². The van der Waals surface area contributed by atoms with Crippen molar-refractivity contribution in [1.29, 1.82) is 0 Å². The predicted molar refractivity (Wildman–Crippen MR) is 96.2 cm³/mol. The molecule has 1 aliphatic carbocycles. The first kappa shape index (κ1) is 16.1. The summed E-state index contributed by atoms with van der Waals surface area (Å²) in [6, 6.07) is 2.14. The van der Waals surface area contributed by atoms with Crippen molar-refractivity contribution in [3.63, 3.8) is 0 Å². The van der Waals surface area contributed by atoms with Gasteiger partial charge >= 0.3 is 0 Å². The molecule has 0 atom stereocenters. The molecule has 0 radical (unpaired) electrons. The minimum absolute atomic E-state index is 0.180. The van der Waals surface area contributed by atoms with Crippen molar-refractivity contribution in [2.24, 2.45) is 5.92 Å². The molecule has 5 nitrogen and oxygen atoms in total. The van der Waals surface area contributed by atoms with Crippen LogP contribution in [-0.2, 0) is 24.2 Å². The maximum Gasteiger partial charge on any atom is 0.233 e. The normalized spacial score (nSPS) is 18.1. The van der Waals surface area contributed by atoms with E-state index in [0.29, 0.717) is 10.9 Å². The highest BCUT2D eigenvalue weighted by atomic mass is 32.2. The molecular formula is C17H22N4OS2. The van der Waals surface area contributed by atoms with Gasteiger partial charge in [-0.3, -0.25) is 9.89 Å². The summed E-state index contributed by atoms with van der Waals surface area (Å²) in [5.41, 5.74) is 1.31. The molecule has 0 unspecified atom stereocenters. The lowest BCUT2D eigenvalue weighted by Gasteiger charge is -2.26. The molecule has 0 saturated heterocycles. The van der Waals surface area contributed by atoms with Gasteiger partial charge in [0.05, 0.1) is 5.75 Å². The Balaban J connectivity index is 1.27. The van der Waals surface area contributed by atoms with Gasteiger partial charge in [-0.15, -0.1) is 16.4 Å². The van der Waals surface area contributed by atoms with E-state index in [0.717, 1.165) is 37.7 Å². The molecule has 1 fully saturated rings. The van der Waals surface area contributed by atoms with E-state index < -0.39 is 0 Å². The molecule has 4 rings (SSSR count). The van der Waals surface area contributed by atoms with Gasteiger partial charge in [0, 0.05) is 24.4 Å². The second-order valence-corrected chi connectivity index (χ2v) is 8.59. The molecule has 0 aromatic carbocycles. The Kier molecular flexibility index (Phi) is 4.89. The highest BCUT2D eigenvalue weighted by molar-refractivity contribution is 7.99. The summed E-state index contributed by atoms with van der Waals surface area (Å²) in [5, 5.41) is 10.1. The average molecular weight is 363 g/mol. The summed E-state index contributed by atoms with van der Waals surface area (Å²) in [4.78, 5) is 20.4. The number of fused-ring (bicyclic) bond motifs is 1. The molecule has 1 aliphatic heterocycles. The van der Waals surface area contributed by atoms with Gasteiger partial charge in [0.2, 0.25) is 11.1 Å². The third-order valence-electron chi connectivity index (χ3n) is 4.95. The molecule has 128 valence electrons. The van der Waals surface area contributed by atoms with E-state index in [1.165, 1.54) is 47.9 Å². The fourth-order valence-corrected chi connectivity index (χ4v) is 5.21. The summed E-state index contributed by atoms with van der Waals surface area (Å²) >= 11 is 3.24. The van der Waals surface area contributed by atoms with Crippen LogP contribution in [0.5, 0.6) is 0 Å². The van der Waals surface area contributed by atoms with Gasteiger partial charge in [-0.2, -0.15) is 0 Å². The van der Waals surface area contributed by atoms with Gasteiger partial charge < -0.3 is 4.90 Å². The molecule has 3 heterocycles. The topological polar surface area (TPSA) is 61.9 Å². The SMILES string of the molecule is O=C(CSc1n[nH]c(CC2CCCC2)n1)N1CCc2sccc2C1. The maximum atomic E-state index is 12.4. The van der Waals surface area contributed by atoms with E-state index in [4.69, 9.17) is 0 Å². The predicted octanol–water partition coefficient (Wildman–Crippen LogP) is 3.28. The Morgan fingerprint density at radius 3 is 3.17 bits per heavy atom. The summed E-state index contributed by atoms with van der Waals surface area (Å²) in [7, 11) is 0. The fourth-order valence-electron chi connectivity index (χ4n) is 3.60. The fraction of sp³-hybridized carbons (Fsp3) is 0.588. The standard InChI is InChI=1S/C17H22N4OS2/c22-16(21-7-5-14-13(10-21)6-8-23-14)11-24-17-18-15(19-20-17)9-12-3-1-2-4-12/h6,8,12H,1-5,7,9-11H2,(H,18,19,20). The molecule has 0 bridgehead atoms. The first-order chi connectivity index (χ1) is 11.8. The van der Waals surface area contributed by atoms with Crippen LogP contribution < -0.4 is 0 Å². The van der Waals surface area contributed by atoms with Gasteiger partial charge in [-0.05, 0) is 29.3 Å². The van der Waals surface area contributed by atoms with Gasteiger partial charge in [-0.25, -0.2) is 4.98 Å². The third-order valence-corrected chi connectivity index (χ3v) is 6.81. The summed E-state index contributed by atoms with van der Waals surface area (Å²) in [5.74, 6) is 2.32. The minimum atomic E-state index is 0.180. The van der Waals surface area contributed by atoms with Crippen LogP contribution >= 0.6 is 23.1 Å². The smallest absolute Gasteiger partial charge is 0.233 e. The largest absolute Gasteiger partial charge is 0.337 e. The number of hydrogen-bond donors (Lipinski definition) is 1. The Bertz CT molecular complexity index is 705. The molecule has 0 spiro atoms. The second kappa shape index (κ2) is 7.27. The zero-order valence-corrected chi connectivity index (χ0v) is 15.3. The van der Waals surface area contributed by atoms with Crippen LogP contribution in [0.2, 0.25) is 0 Å². The number of thiophene rings is 1. The van der Waals surface area contributed by atoms with Gasteiger partial charge in [-0.1, -0.05) is 37.4 Å². The Hall–Kier alpha value is -1.34. The summed E-state index contributed by atoms with van der Waals surface area (Å²) < 4.78 is 0. The van der Waals surface area contributed by atoms with Crippen molar-refractivity contribution in [2.45, 2.75) is 50.2 Å². The molecule has 2 aromatic rings. The van der Waals surface area contributed by atoms with E-state index in [9.17, 15) is 4.79 Å². The molecule has 7 heteroatoms. The monoisotopic (exact) mass is 362 g/mol. The number of H-pyrrole nitrogens is 1. The number of rotatable bonds is 5. The minimum Gasteiger partial charge on any atom is -0.337 e. The molecule has 24 heavy (non-hydrogen) atoms. The molecule has 1 saturated carbocycles. The molecule has 2 aliphatic rings. The molecular weight excluding hydrogens is 340 g/mol. The lowest BCUT2D eigenvalue weighted by Crippen LogP contribution is -2.36. The number of nitrogens with one attached hydrogen (secondary N) is 1. The van der Waals surface area contributed by atoms with Gasteiger partial charge in [0.15, 0.2) is 0 Å². The number of aromatic nitrogens is 3. The lowest BCUT2D eigenvalue weighted by atomic mass is 10.0. The third kappa shape index (κ3) is 3.67. The van der Waals surface area contributed by atoms with E-state index in [1.807, 2.05) is 4.90 Å². The second-order valence-electron chi connectivity index (χ2n) is 6.64. The van der Waals surface area contributed by atoms with Gasteiger partial charge in [0.25, 0.3) is 0 Å². The molecule has 1 amide bonds. The Morgan fingerprint density at radius 1 is 1.42 bits per heavy atom. The number of carbonyl (C=O) groups excluding carboxylic acids is 1. The van der Waals surface area contributed by atoms with Crippen molar-refractivity contribution in [3.8, 4) is 0 Å². The maximum absolute atomic E-state index is 12.4. The van der Waals surface area contributed by atoms with Crippen LogP contribution in [0.3, 0.4) is 0 Å². The number of thioether (sulfide) groups is 1. The van der Waals surface area contributed by atoms with E-state index >= 15 is 0 Å². The van der Waals surface area contributed by atoms with E-state index in [2.05, 4.69) is 26.6 Å². The number of nitrogens with zero attached hydrogens (tertiary/aromatic N) is 3. The number of aromatic amines is 1. The van der Waals surface area contributed by atoms with E-state index in [-0.39, 0.29) is 5.91 Å². The van der Waals surface area contributed by atoms with Crippen LogP contribution in [0.15, 0.2) is 16.6 Å². The number of amides is 1. The number of carbonyl (C=O) groups is 1. The van der Waals surface area contributed by atoms with Crippen molar-refractivity contribution in [1.82, 2.24) is 20.1 Å². The number of hydrogen-bond acceptors (Lipinski definition) is 5. The zero-order valence-electron chi connectivity index (χ0n) is 13.7. The quantitative estimate of drug-likeness (QED) is 0.829. The Labute approximate surface area is 150 Å². The van der Waals surface area contributed by atoms with Crippen molar-refractivity contribution >= 4 is 29.0 Å². The zero-order chi connectivity index (χ0) is 16.4. The van der Waals surface area contributed by atoms with Crippen LogP contribution in [0.1, 0.15) is 41.9 Å². The first-order valence-corrected chi connectivity index (χ1v) is 10.5. The van der Waals surface area contributed by atoms with Crippen molar-refractivity contribution in [3.05, 3.63) is 27.7 Å². The van der Waals surface area contributed by atoms with Crippen molar-refractivity contribution in [2.75, 3.05) is 12.3 Å². The van der Waals surface area contributed by atoms with Crippen LogP contribution in [0.25, 0.3) is 0 Å². The lowest BCUT2D eigenvalue weighted by molar-refractivity contribution is -0.129. The van der Waals surface area contributed by atoms with Gasteiger partial charge in [0.1, 0.15) is 5.82 Å². The molecule has 1 N–H and O–H groups in total. The molecule has 2 aromatic heterocycles. The average Bonchev–Trinajstić information content (AvgIpc) is 3.34. The van der Waals surface area contributed by atoms with Crippen LogP contribution in [0.4, 0.5) is 0 Å². The van der Waals surface area contributed by atoms with E-state index in [1.54, 1.807) is 11.3 Å².